The van der Waals surface area contributed by atoms with Crippen molar-refractivity contribution in [2.45, 2.75) is 19.9 Å². The molecule has 0 N–H and O–H groups in total. The van der Waals surface area contributed by atoms with Gasteiger partial charge in [0.1, 0.15) is 5.75 Å². The van der Waals surface area contributed by atoms with E-state index in [-0.39, 0.29) is 0 Å². The van der Waals surface area contributed by atoms with Crippen molar-refractivity contribution in [3.05, 3.63) is 52.3 Å². The second-order valence-corrected chi connectivity index (χ2v) is 5.50. The highest BCUT2D eigenvalue weighted by Gasteiger charge is 2.19. The van der Waals surface area contributed by atoms with Crippen molar-refractivity contribution < 1.29 is 4.74 Å². The number of benzene rings is 1. The Morgan fingerprint density at radius 2 is 2.15 bits per heavy atom. The molecule has 3 nitrogen and oxygen atoms in total. The molecule has 0 saturated carbocycles. The van der Waals surface area contributed by atoms with E-state index in [9.17, 15) is 0 Å². The zero-order chi connectivity index (χ0) is 14.1. The molecular weight excluding hydrogens is 272 g/mol. The fourth-order valence-corrected chi connectivity index (χ4v) is 2.97. The Labute approximate surface area is 124 Å². The van der Waals surface area contributed by atoms with Crippen LogP contribution < -0.4 is 9.64 Å². The van der Waals surface area contributed by atoms with Gasteiger partial charge in [-0.2, -0.15) is 0 Å². The molecule has 0 unspecified atom stereocenters. The summed E-state index contributed by atoms with van der Waals surface area (Å²) in [5.41, 5.74) is 5.04. The monoisotopic (exact) mass is 288 g/mol. The summed E-state index contributed by atoms with van der Waals surface area (Å²) in [5, 5.41) is 0.677. The highest BCUT2D eigenvalue weighted by molar-refractivity contribution is 6.32. The normalized spacial score (nSPS) is 14.1. The van der Waals surface area contributed by atoms with Crippen LogP contribution >= 0.6 is 11.6 Å². The lowest BCUT2D eigenvalue weighted by molar-refractivity contribution is 0.414. The zero-order valence-electron chi connectivity index (χ0n) is 11.7. The summed E-state index contributed by atoms with van der Waals surface area (Å²) in [6.45, 7) is 3.98. The van der Waals surface area contributed by atoms with Gasteiger partial charge in [-0.25, -0.2) is 0 Å². The molecule has 2 heterocycles. The highest BCUT2D eigenvalue weighted by Crippen LogP contribution is 2.33. The van der Waals surface area contributed by atoms with Crippen molar-refractivity contribution in [2.24, 2.45) is 0 Å². The summed E-state index contributed by atoms with van der Waals surface area (Å²) in [4.78, 5) is 6.59. The van der Waals surface area contributed by atoms with Crippen molar-refractivity contribution in [3.8, 4) is 5.75 Å². The van der Waals surface area contributed by atoms with Gasteiger partial charge in [-0.1, -0.05) is 11.6 Å². The van der Waals surface area contributed by atoms with Crippen molar-refractivity contribution >= 4 is 17.3 Å². The maximum Gasteiger partial charge on any atom is 0.137 e. The summed E-state index contributed by atoms with van der Waals surface area (Å²) in [7, 11) is 1.65. The van der Waals surface area contributed by atoms with Gasteiger partial charge in [0.25, 0.3) is 0 Å². The van der Waals surface area contributed by atoms with Crippen LogP contribution in [0, 0.1) is 6.92 Å². The molecule has 4 heteroatoms. The topological polar surface area (TPSA) is 25.4 Å². The minimum Gasteiger partial charge on any atom is -0.495 e. The average molecular weight is 289 g/mol. The predicted molar refractivity (Wildman–Crippen MR) is 81.7 cm³/mol. The first-order valence-corrected chi connectivity index (χ1v) is 7.07. The number of nitrogens with zero attached hydrogens (tertiary/aromatic N) is 2. The van der Waals surface area contributed by atoms with Crippen LogP contribution in [0.25, 0.3) is 0 Å². The molecule has 0 amide bonds. The van der Waals surface area contributed by atoms with Crippen molar-refractivity contribution in [3.63, 3.8) is 0 Å². The third-order valence-electron chi connectivity index (χ3n) is 3.84. The van der Waals surface area contributed by atoms with Crippen LogP contribution in [0.4, 0.5) is 5.69 Å². The molecule has 1 aliphatic rings. The largest absolute Gasteiger partial charge is 0.495 e. The quantitative estimate of drug-likeness (QED) is 0.844. The summed E-state index contributed by atoms with van der Waals surface area (Å²) < 4.78 is 5.29. The van der Waals surface area contributed by atoms with E-state index < -0.39 is 0 Å². The van der Waals surface area contributed by atoms with Crippen LogP contribution in [-0.4, -0.2) is 18.6 Å². The van der Waals surface area contributed by atoms with Gasteiger partial charge < -0.3 is 9.64 Å². The molecule has 0 atom stereocenters. The average Bonchev–Trinajstić information content (AvgIpc) is 2.46. The number of ether oxygens (including phenoxy) is 1. The van der Waals surface area contributed by atoms with E-state index in [2.05, 4.69) is 22.9 Å². The highest BCUT2D eigenvalue weighted by atomic mass is 35.5. The lowest BCUT2D eigenvalue weighted by atomic mass is 9.98. The number of halogens is 1. The molecule has 0 fully saturated rings. The lowest BCUT2D eigenvalue weighted by Crippen LogP contribution is -2.31. The molecule has 0 saturated heterocycles. The summed E-state index contributed by atoms with van der Waals surface area (Å²) >= 11 is 6.23. The van der Waals surface area contributed by atoms with Crippen LogP contribution in [0.1, 0.15) is 16.7 Å². The van der Waals surface area contributed by atoms with E-state index in [0.29, 0.717) is 5.02 Å². The summed E-state index contributed by atoms with van der Waals surface area (Å²) in [6, 6.07) is 6.13. The van der Waals surface area contributed by atoms with Crippen LogP contribution in [-0.2, 0) is 13.0 Å². The SMILES string of the molecule is COc1cc2c(cc1Cl)CN(c1cnccc1C)CC2. The van der Waals surface area contributed by atoms with Gasteiger partial charge in [-0.15, -0.1) is 0 Å². The van der Waals surface area contributed by atoms with E-state index >= 15 is 0 Å². The first-order valence-electron chi connectivity index (χ1n) is 6.70. The Hall–Kier alpha value is -1.74. The van der Waals surface area contributed by atoms with Crippen LogP contribution in [0.3, 0.4) is 0 Å². The fourth-order valence-electron chi connectivity index (χ4n) is 2.71. The molecule has 20 heavy (non-hydrogen) atoms. The molecule has 1 aromatic heterocycles. The Bertz CT molecular complexity index is 642. The number of aryl methyl sites for hydroxylation is 1. The fraction of sp³-hybridized carbons (Fsp3) is 0.312. The van der Waals surface area contributed by atoms with Crippen molar-refractivity contribution in [2.75, 3.05) is 18.6 Å². The number of methoxy groups -OCH3 is 1. The van der Waals surface area contributed by atoms with Crippen LogP contribution in [0.5, 0.6) is 5.75 Å². The van der Waals surface area contributed by atoms with Gasteiger partial charge in [0.05, 0.1) is 24.0 Å². The third kappa shape index (κ3) is 2.34. The second kappa shape index (κ2) is 5.33. The molecule has 0 spiro atoms. The van der Waals surface area contributed by atoms with E-state index in [1.54, 1.807) is 7.11 Å². The first kappa shape index (κ1) is 13.3. The molecule has 0 radical (unpaired) electrons. The third-order valence-corrected chi connectivity index (χ3v) is 4.13. The van der Waals surface area contributed by atoms with E-state index in [1.165, 1.54) is 22.4 Å². The van der Waals surface area contributed by atoms with Gasteiger partial charge in [0.2, 0.25) is 0 Å². The molecular formula is C16H17ClN2O. The summed E-state index contributed by atoms with van der Waals surface area (Å²) in [5.74, 6) is 0.761. The number of rotatable bonds is 2. The maximum atomic E-state index is 6.23. The van der Waals surface area contributed by atoms with E-state index in [0.717, 1.165) is 25.3 Å². The van der Waals surface area contributed by atoms with E-state index in [4.69, 9.17) is 16.3 Å². The van der Waals surface area contributed by atoms with Gasteiger partial charge in [0.15, 0.2) is 0 Å². The molecule has 1 aliphatic heterocycles. The lowest BCUT2D eigenvalue weighted by Gasteiger charge is -2.31. The Kier molecular flexibility index (Phi) is 3.53. The Morgan fingerprint density at radius 3 is 2.90 bits per heavy atom. The first-order chi connectivity index (χ1) is 9.69. The number of pyridine rings is 1. The number of aromatic nitrogens is 1. The molecule has 3 rings (SSSR count). The predicted octanol–water partition coefficient (Wildman–Crippen LogP) is 3.61. The van der Waals surface area contributed by atoms with Crippen molar-refractivity contribution in [1.82, 2.24) is 4.98 Å². The van der Waals surface area contributed by atoms with Gasteiger partial charge in [-0.05, 0) is 48.2 Å². The number of hydrogen-bond donors (Lipinski definition) is 0. The van der Waals surface area contributed by atoms with E-state index in [1.807, 2.05) is 24.5 Å². The maximum absolute atomic E-state index is 6.23. The van der Waals surface area contributed by atoms with Crippen molar-refractivity contribution in [1.29, 1.82) is 0 Å². The molecule has 2 aromatic rings. The molecule has 0 bridgehead atoms. The summed E-state index contributed by atoms with van der Waals surface area (Å²) in [6.07, 6.45) is 4.76. The van der Waals surface area contributed by atoms with Crippen LogP contribution in [0.2, 0.25) is 5.02 Å². The number of anilines is 1. The standard InChI is InChI=1S/C16H17ClN2O/c1-11-3-5-18-9-15(11)19-6-4-12-8-16(20-2)14(17)7-13(12)10-19/h3,5,7-9H,4,6,10H2,1-2H3. The smallest absolute Gasteiger partial charge is 0.137 e. The number of fused-ring (bicyclic) bond motifs is 1. The molecule has 0 aliphatic carbocycles. The minimum atomic E-state index is 0.677. The molecule has 104 valence electrons. The number of hydrogen-bond acceptors (Lipinski definition) is 3. The van der Waals surface area contributed by atoms with Gasteiger partial charge >= 0.3 is 0 Å². The van der Waals surface area contributed by atoms with Crippen LogP contribution in [0.15, 0.2) is 30.6 Å². The Morgan fingerprint density at radius 1 is 1.30 bits per heavy atom. The minimum absolute atomic E-state index is 0.677. The van der Waals surface area contributed by atoms with Gasteiger partial charge in [-0.3, -0.25) is 4.98 Å². The Balaban J connectivity index is 1.93. The molecule has 1 aromatic carbocycles. The van der Waals surface area contributed by atoms with Gasteiger partial charge in [0, 0.05) is 19.3 Å². The second-order valence-electron chi connectivity index (χ2n) is 5.09. The zero-order valence-corrected chi connectivity index (χ0v) is 12.4.